The number of H-pyrrole nitrogens is 1. The minimum atomic E-state index is -0.507. The van der Waals surface area contributed by atoms with Crippen LogP contribution in [0.5, 0.6) is 0 Å². The summed E-state index contributed by atoms with van der Waals surface area (Å²) in [4.78, 5) is 34.1. The summed E-state index contributed by atoms with van der Waals surface area (Å²) in [5, 5.41) is 3.34. The van der Waals surface area contributed by atoms with Crippen molar-refractivity contribution in [2.75, 3.05) is 31.6 Å². The Morgan fingerprint density at radius 2 is 1.80 bits per heavy atom. The highest BCUT2D eigenvalue weighted by Gasteiger charge is 2.14. The number of carbonyl (C=O) groups is 1. The number of carbonyl (C=O) groups excluding carboxylic acids is 1. The van der Waals surface area contributed by atoms with E-state index in [-0.39, 0.29) is 5.56 Å². The van der Waals surface area contributed by atoms with Crippen molar-refractivity contribution < 1.29 is 9.53 Å². The predicted octanol–water partition coefficient (Wildman–Crippen LogP) is 3.17. The fourth-order valence-electron chi connectivity index (χ4n) is 3.22. The predicted molar refractivity (Wildman–Crippen MR) is 116 cm³/mol. The topological polar surface area (TPSA) is 87.3 Å². The van der Waals surface area contributed by atoms with Gasteiger partial charge in [0.2, 0.25) is 0 Å². The maximum Gasteiger partial charge on any atom is 0.264 e. The van der Waals surface area contributed by atoms with E-state index in [0.717, 1.165) is 38.4 Å². The second kappa shape index (κ2) is 9.21. The van der Waals surface area contributed by atoms with Gasteiger partial charge in [0.15, 0.2) is 0 Å². The zero-order chi connectivity index (χ0) is 20.9. The molecule has 0 aliphatic carbocycles. The molecule has 2 heterocycles. The van der Waals surface area contributed by atoms with Crippen molar-refractivity contribution in [3.05, 3.63) is 81.2 Å². The quantitative estimate of drug-likeness (QED) is 0.656. The van der Waals surface area contributed by atoms with E-state index < -0.39 is 11.5 Å². The van der Waals surface area contributed by atoms with Gasteiger partial charge in [0.25, 0.3) is 11.5 Å². The molecule has 1 saturated heterocycles. The Bertz CT molecular complexity index is 1070. The molecule has 8 heteroatoms. The normalized spacial score (nSPS) is 14.4. The molecule has 1 aliphatic rings. The molecule has 0 spiro atoms. The lowest BCUT2D eigenvalue weighted by Gasteiger charge is -2.26. The molecule has 3 aromatic rings. The van der Waals surface area contributed by atoms with Crippen LogP contribution in [0.2, 0.25) is 5.02 Å². The lowest BCUT2D eigenvalue weighted by atomic mass is 10.1. The average molecular weight is 425 g/mol. The number of aromatic nitrogens is 2. The first-order valence-electron chi connectivity index (χ1n) is 9.64. The van der Waals surface area contributed by atoms with Crippen LogP contribution < -0.4 is 10.9 Å². The number of hydrogen-bond donors (Lipinski definition) is 2. The maximum absolute atomic E-state index is 12.5. The number of hydrogen-bond acceptors (Lipinski definition) is 5. The van der Waals surface area contributed by atoms with Crippen LogP contribution >= 0.6 is 11.6 Å². The molecule has 1 amide bonds. The van der Waals surface area contributed by atoms with Crippen LogP contribution in [0.3, 0.4) is 0 Å². The van der Waals surface area contributed by atoms with Gasteiger partial charge in [-0.3, -0.25) is 14.5 Å². The van der Waals surface area contributed by atoms with Crippen molar-refractivity contribution in [1.29, 1.82) is 0 Å². The SMILES string of the molecule is O=C(Nc1ccc(CN2CCOCC2)cc1)c1cnc(-c2ccc(Cl)cc2)[nH]c1=O. The molecule has 2 N–H and O–H groups in total. The fraction of sp³-hybridized carbons (Fsp3) is 0.227. The van der Waals surface area contributed by atoms with Crippen LogP contribution in [-0.4, -0.2) is 47.1 Å². The van der Waals surface area contributed by atoms with E-state index in [0.29, 0.717) is 22.1 Å². The summed E-state index contributed by atoms with van der Waals surface area (Å²) in [6.07, 6.45) is 1.28. The zero-order valence-corrected chi connectivity index (χ0v) is 17.0. The van der Waals surface area contributed by atoms with Gasteiger partial charge in [0.1, 0.15) is 11.4 Å². The van der Waals surface area contributed by atoms with Crippen LogP contribution in [0.25, 0.3) is 11.4 Å². The molecule has 1 aliphatic heterocycles. The minimum absolute atomic E-state index is 0.0508. The summed E-state index contributed by atoms with van der Waals surface area (Å²) in [5.74, 6) is -0.131. The van der Waals surface area contributed by atoms with Gasteiger partial charge in [-0.15, -0.1) is 0 Å². The second-order valence-electron chi connectivity index (χ2n) is 7.02. The van der Waals surface area contributed by atoms with Gasteiger partial charge in [-0.2, -0.15) is 0 Å². The fourth-order valence-corrected chi connectivity index (χ4v) is 3.35. The van der Waals surface area contributed by atoms with E-state index in [1.54, 1.807) is 24.3 Å². The number of ether oxygens (including phenoxy) is 1. The Labute approximate surface area is 178 Å². The Morgan fingerprint density at radius 3 is 2.47 bits per heavy atom. The largest absolute Gasteiger partial charge is 0.379 e. The smallest absolute Gasteiger partial charge is 0.264 e. The molecule has 0 saturated carbocycles. The van der Waals surface area contributed by atoms with E-state index in [1.165, 1.54) is 6.20 Å². The van der Waals surface area contributed by atoms with Crippen LogP contribution in [0.1, 0.15) is 15.9 Å². The molecule has 154 valence electrons. The van der Waals surface area contributed by atoms with E-state index in [4.69, 9.17) is 16.3 Å². The molecule has 1 fully saturated rings. The monoisotopic (exact) mass is 424 g/mol. The first kappa shape index (κ1) is 20.3. The summed E-state index contributed by atoms with van der Waals surface area (Å²) in [7, 11) is 0. The van der Waals surface area contributed by atoms with E-state index in [2.05, 4.69) is 20.2 Å². The van der Waals surface area contributed by atoms with Crippen molar-refractivity contribution in [3.63, 3.8) is 0 Å². The molecular weight excluding hydrogens is 404 g/mol. The standard InChI is InChI=1S/C22H21ClN4O3/c23-17-5-3-16(4-6-17)20-24-13-19(22(29)26-20)21(28)25-18-7-1-15(2-8-18)14-27-9-11-30-12-10-27/h1-8,13H,9-12,14H2,(H,25,28)(H,24,26,29). The van der Waals surface area contributed by atoms with E-state index >= 15 is 0 Å². The summed E-state index contributed by atoms with van der Waals surface area (Å²) >= 11 is 5.88. The Kier molecular flexibility index (Phi) is 6.23. The molecule has 1 aromatic heterocycles. The lowest BCUT2D eigenvalue weighted by molar-refractivity contribution is 0.0342. The number of anilines is 1. The Morgan fingerprint density at radius 1 is 1.10 bits per heavy atom. The van der Waals surface area contributed by atoms with Gasteiger partial charge >= 0.3 is 0 Å². The summed E-state index contributed by atoms with van der Waals surface area (Å²) < 4.78 is 5.36. The minimum Gasteiger partial charge on any atom is -0.379 e. The number of nitrogens with one attached hydrogen (secondary N) is 2. The molecule has 0 atom stereocenters. The lowest BCUT2D eigenvalue weighted by Crippen LogP contribution is -2.35. The van der Waals surface area contributed by atoms with Crippen molar-refractivity contribution in [1.82, 2.24) is 14.9 Å². The number of halogens is 1. The molecule has 4 rings (SSSR count). The highest BCUT2D eigenvalue weighted by molar-refractivity contribution is 6.30. The second-order valence-corrected chi connectivity index (χ2v) is 7.46. The van der Waals surface area contributed by atoms with Crippen molar-refractivity contribution in [3.8, 4) is 11.4 Å². The zero-order valence-electron chi connectivity index (χ0n) is 16.2. The molecule has 0 unspecified atom stereocenters. The maximum atomic E-state index is 12.5. The molecule has 30 heavy (non-hydrogen) atoms. The van der Waals surface area contributed by atoms with Gasteiger partial charge < -0.3 is 15.0 Å². The number of aromatic amines is 1. The highest BCUT2D eigenvalue weighted by atomic mass is 35.5. The first-order valence-corrected chi connectivity index (χ1v) is 10.0. The Balaban J connectivity index is 1.42. The van der Waals surface area contributed by atoms with Gasteiger partial charge in [-0.1, -0.05) is 23.7 Å². The van der Waals surface area contributed by atoms with Crippen molar-refractivity contribution >= 4 is 23.2 Å². The third kappa shape index (κ3) is 4.94. The number of rotatable bonds is 5. The van der Waals surface area contributed by atoms with E-state index in [9.17, 15) is 9.59 Å². The Hall–Kier alpha value is -3.00. The number of nitrogens with zero attached hydrogens (tertiary/aromatic N) is 2. The summed E-state index contributed by atoms with van der Waals surface area (Å²) in [6, 6.07) is 14.5. The molecule has 0 radical (unpaired) electrons. The molecule has 7 nitrogen and oxygen atoms in total. The third-order valence-electron chi connectivity index (χ3n) is 4.88. The first-order chi connectivity index (χ1) is 14.6. The molecule has 0 bridgehead atoms. The van der Waals surface area contributed by atoms with Gasteiger partial charge in [0.05, 0.1) is 13.2 Å². The van der Waals surface area contributed by atoms with Gasteiger partial charge in [-0.25, -0.2) is 4.98 Å². The molecular formula is C22H21ClN4O3. The summed E-state index contributed by atoms with van der Waals surface area (Å²) in [5.41, 5.74) is 1.93. The van der Waals surface area contributed by atoms with Gasteiger partial charge in [-0.05, 0) is 42.0 Å². The van der Waals surface area contributed by atoms with Crippen LogP contribution in [0.4, 0.5) is 5.69 Å². The highest BCUT2D eigenvalue weighted by Crippen LogP contribution is 2.17. The third-order valence-corrected chi connectivity index (χ3v) is 5.14. The summed E-state index contributed by atoms with van der Waals surface area (Å²) in [6.45, 7) is 4.19. The van der Waals surface area contributed by atoms with E-state index in [1.807, 2.05) is 24.3 Å². The van der Waals surface area contributed by atoms with Crippen molar-refractivity contribution in [2.45, 2.75) is 6.54 Å². The number of benzene rings is 2. The van der Waals surface area contributed by atoms with Gasteiger partial charge in [0, 0.05) is 42.1 Å². The molecule has 2 aromatic carbocycles. The average Bonchev–Trinajstić information content (AvgIpc) is 2.76. The van der Waals surface area contributed by atoms with Crippen LogP contribution in [-0.2, 0) is 11.3 Å². The van der Waals surface area contributed by atoms with Crippen LogP contribution in [0, 0.1) is 0 Å². The van der Waals surface area contributed by atoms with Crippen molar-refractivity contribution in [2.24, 2.45) is 0 Å². The number of morpholine rings is 1. The number of amides is 1. The van der Waals surface area contributed by atoms with Crippen LogP contribution in [0.15, 0.2) is 59.5 Å².